The third kappa shape index (κ3) is 4.27. The maximum absolute atomic E-state index is 12.8. The van der Waals surface area contributed by atoms with E-state index in [1.165, 1.54) is 23.9 Å². The summed E-state index contributed by atoms with van der Waals surface area (Å²) in [5.74, 6) is 0.612. The van der Waals surface area contributed by atoms with Gasteiger partial charge in [0, 0.05) is 17.9 Å². The van der Waals surface area contributed by atoms with Gasteiger partial charge in [0.2, 0.25) is 5.91 Å². The van der Waals surface area contributed by atoms with Crippen molar-refractivity contribution in [1.82, 2.24) is 5.32 Å². The Hall–Kier alpha value is -2.05. The normalized spacial score (nSPS) is 13.9. The van der Waals surface area contributed by atoms with Crippen LogP contribution in [-0.2, 0) is 11.2 Å². The first-order valence-electron chi connectivity index (χ1n) is 7.70. The van der Waals surface area contributed by atoms with Crippen LogP contribution in [0.3, 0.4) is 0 Å². The van der Waals surface area contributed by atoms with Crippen molar-refractivity contribution in [3.63, 3.8) is 0 Å². The van der Waals surface area contributed by atoms with E-state index < -0.39 is 6.10 Å². The van der Waals surface area contributed by atoms with Gasteiger partial charge in [-0.25, -0.2) is 4.39 Å². The third-order valence-corrected chi connectivity index (χ3v) is 4.79. The number of carbonyl (C=O) groups excluding carboxylic acids is 1. The fraction of sp³-hybridized carbons (Fsp3) is 0.278. The summed E-state index contributed by atoms with van der Waals surface area (Å²) < 4.78 is 18.3. The summed E-state index contributed by atoms with van der Waals surface area (Å²) in [6.45, 7) is 0.828. The lowest BCUT2D eigenvalue weighted by molar-refractivity contribution is -0.119. The van der Waals surface area contributed by atoms with Crippen LogP contribution in [0.2, 0.25) is 0 Å². The summed E-state index contributed by atoms with van der Waals surface area (Å²) in [6, 6.07) is 11.6. The molecule has 1 aliphatic heterocycles. The smallest absolute Gasteiger partial charge is 0.230 e. The fourth-order valence-corrected chi connectivity index (χ4v) is 3.20. The van der Waals surface area contributed by atoms with Crippen molar-refractivity contribution in [2.75, 3.05) is 18.9 Å². The highest BCUT2D eigenvalue weighted by atomic mass is 32.2. The van der Waals surface area contributed by atoms with E-state index in [0.717, 1.165) is 28.2 Å². The Morgan fingerprint density at radius 2 is 2.08 bits per heavy atom. The highest BCUT2D eigenvalue weighted by Gasteiger charge is 2.16. The molecule has 0 aliphatic carbocycles. The van der Waals surface area contributed by atoms with Crippen LogP contribution in [0.5, 0.6) is 5.75 Å². The minimum Gasteiger partial charge on any atom is -0.493 e. The minimum atomic E-state index is -0.754. The zero-order chi connectivity index (χ0) is 16.9. The first-order chi connectivity index (χ1) is 11.6. The molecule has 0 aromatic heterocycles. The van der Waals surface area contributed by atoms with Gasteiger partial charge in [-0.05, 0) is 47.5 Å². The number of rotatable bonds is 6. The van der Waals surface area contributed by atoms with E-state index in [1.54, 1.807) is 12.1 Å². The molecule has 0 saturated carbocycles. The van der Waals surface area contributed by atoms with Crippen molar-refractivity contribution in [2.24, 2.45) is 0 Å². The van der Waals surface area contributed by atoms with Crippen molar-refractivity contribution in [2.45, 2.75) is 17.4 Å². The zero-order valence-electron chi connectivity index (χ0n) is 13.0. The first kappa shape index (κ1) is 16.8. The molecule has 1 aliphatic rings. The quantitative estimate of drug-likeness (QED) is 0.789. The van der Waals surface area contributed by atoms with Crippen LogP contribution < -0.4 is 10.1 Å². The molecule has 0 bridgehead atoms. The van der Waals surface area contributed by atoms with Crippen LogP contribution in [0.1, 0.15) is 17.2 Å². The maximum Gasteiger partial charge on any atom is 0.230 e. The lowest BCUT2D eigenvalue weighted by Crippen LogP contribution is -2.29. The Labute approximate surface area is 144 Å². The lowest BCUT2D eigenvalue weighted by Gasteiger charge is -2.13. The van der Waals surface area contributed by atoms with Crippen molar-refractivity contribution in [3.8, 4) is 5.75 Å². The molecular formula is C18H18FNO3S. The van der Waals surface area contributed by atoms with Gasteiger partial charge in [0.25, 0.3) is 0 Å². The average Bonchev–Trinajstić information content (AvgIpc) is 3.06. The summed E-state index contributed by atoms with van der Waals surface area (Å²) >= 11 is 1.32. The molecule has 0 unspecified atom stereocenters. The molecule has 0 saturated heterocycles. The molecule has 1 amide bonds. The van der Waals surface area contributed by atoms with Gasteiger partial charge in [-0.15, -0.1) is 11.8 Å². The van der Waals surface area contributed by atoms with Gasteiger partial charge in [-0.1, -0.05) is 6.07 Å². The van der Waals surface area contributed by atoms with E-state index in [-0.39, 0.29) is 24.0 Å². The number of fused-ring (bicyclic) bond motifs is 1. The Morgan fingerprint density at radius 1 is 1.29 bits per heavy atom. The van der Waals surface area contributed by atoms with E-state index in [4.69, 9.17) is 4.74 Å². The predicted octanol–water partition coefficient (Wildman–Crippen LogP) is 2.70. The monoisotopic (exact) mass is 347 g/mol. The van der Waals surface area contributed by atoms with E-state index in [1.807, 2.05) is 18.2 Å². The van der Waals surface area contributed by atoms with Crippen LogP contribution in [-0.4, -0.2) is 29.9 Å². The van der Waals surface area contributed by atoms with Gasteiger partial charge in [-0.2, -0.15) is 0 Å². The second kappa shape index (κ2) is 7.68. The molecule has 0 fully saturated rings. The number of thioether (sulfide) groups is 1. The summed E-state index contributed by atoms with van der Waals surface area (Å²) in [5.41, 5.74) is 1.86. The fourth-order valence-electron chi connectivity index (χ4n) is 2.47. The number of ether oxygens (including phenoxy) is 1. The highest BCUT2D eigenvalue weighted by molar-refractivity contribution is 8.00. The van der Waals surface area contributed by atoms with E-state index >= 15 is 0 Å². The second-order valence-corrected chi connectivity index (χ2v) is 6.58. The molecule has 2 aromatic rings. The van der Waals surface area contributed by atoms with Gasteiger partial charge < -0.3 is 15.2 Å². The Balaban J connectivity index is 1.46. The number of benzene rings is 2. The van der Waals surface area contributed by atoms with Crippen molar-refractivity contribution in [1.29, 1.82) is 0 Å². The number of hydrogen-bond acceptors (Lipinski definition) is 4. The Morgan fingerprint density at radius 3 is 2.88 bits per heavy atom. The van der Waals surface area contributed by atoms with Crippen molar-refractivity contribution < 1.29 is 19.0 Å². The zero-order valence-corrected chi connectivity index (χ0v) is 13.8. The number of aliphatic hydroxyl groups is 1. The molecule has 6 heteroatoms. The van der Waals surface area contributed by atoms with Crippen LogP contribution in [0.15, 0.2) is 47.4 Å². The second-order valence-electron chi connectivity index (χ2n) is 5.53. The number of amides is 1. The standard InChI is InChI=1S/C18H18FNO3S/c19-14-2-4-15(5-3-14)24-11-18(22)20-10-16(21)12-1-6-17-13(9-12)7-8-23-17/h1-6,9,16,21H,7-8,10-11H2,(H,20,22)/t16-/m1/s1. The third-order valence-electron chi connectivity index (χ3n) is 3.77. The molecule has 0 radical (unpaired) electrons. The number of carbonyl (C=O) groups is 1. The number of hydrogen-bond donors (Lipinski definition) is 2. The van der Waals surface area contributed by atoms with Gasteiger partial charge in [0.1, 0.15) is 11.6 Å². The molecule has 1 atom stereocenters. The molecule has 0 spiro atoms. The summed E-state index contributed by atoms with van der Waals surface area (Å²) in [6.07, 6.45) is 0.0898. The summed E-state index contributed by atoms with van der Waals surface area (Å²) in [4.78, 5) is 12.7. The molecule has 2 N–H and O–H groups in total. The summed E-state index contributed by atoms with van der Waals surface area (Å²) in [5, 5.41) is 12.9. The van der Waals surface area contributed by atoms with Gasteiger partial charge in [0.15, 0.2) is 0 Å². The molecule has 4 nitrogen and oxygen atoms in total. The number of halogens is 1. The van der Waals surface area contributed by atoms with E-state index in [0.29, 0.717) is 6.61 Å². The van der Waals surface area contributed by atoms with E-state index in [9.17, 15) is 14.3 Å². The first-order valence-corrected chi connectivity index (χ1v) is 8.69. The summed E-state index contributed by atoms with van der Waals surface area (Å²) in [7, 11) is 0. The predicted molar refractivity (Wildman–Crippen MR) is 90.7 cm³/mol. The largest absolute Gasteiger partial charge is 0.493 e. The van der Waals surface area contributed by atoms with Gasteiger partial charge in [0.05, 0.1) is 18.5 Å². The van der Waals surface area contributed by atoms with E-state index in [2.05, 4.69) is 5.32 Å². The Kier molecular flexibility index (Phi) is 5.37. The average molecular weight is 347 g/mol. The topological polar surface area (TPSA) is 58.6 Å². The molecular weight excluding hydrogens is 329 g/mol. The highest BCUT2D eigenvalue weighted by Crippen LogP contribution is 2.28. The molecule has 1 heterocycles. The van der Waals surface area contributed by atoms with Crippen LogP contribution in [0.4, 0.5) is 4.39 Å². The maximum atomic E-state index is 12.8. The van der Waals surface area contributed by atoms with Crippen LogP contribution in [0, 0.1) is 5.82 Å². The molecule has 2 aromatic carbocycles. The number of aliphatic hydroxyl groups excluding tert-OH is 1. The molecule has 24 heavy (non-hydrogen) atoms. The van der Waals surface area contributed by atoms with Crippen LogP contribution in [0.25, 0.3) is 0 Å². The van der Waals surface area contributed by atoms with Crippen molar-refractivity contribution in [3.05, 3.63) is 59.4 Å². The van der Waals surface area contributed by atoms with Gasteiger partial charge in [-0.3, -0.25) is 4.79 Å². The van der Waals surface area contributed by atoms with Gasteiger partial charge >= 0.3 is 0 Å². The molecule has 3 rings (SSSR count). The SMILES string of the molecule is O=C(CSc1ccc(F)cc1)NC[C@@H](O)c1ccc2c(c1)CCO2. The lowest BCUT2D eigenvalue weighted by atomic mass is 10.0. The molecule has 126 valence electrons. The Bertz CT molecular complexity index is 721. The number of nitrogens with one attached hydrogen (secondary N) is 1. The minimum absolute atomic E-state index is 0.155. The van der Waals surface area contributed by atoms with Crippen LogP contribution >= 0.6 is 11.8 Å². The van der Waals surface area contributed by atoms with Crippen molar-refractivity contribution >= 4 is 17.7 Å².